The first-order chi connectivity index (χ1) is 18.2. The highest BCUT2D eigenvalue weighted by Gasteiger charge is 2.33. The maximum absolute atomic E-state index is 13.4. The van der Waals surface area contributed by atoms with Crippen molar-refractivity contribution in [1.82, 2.24) is 16.0 Å². The average Bonchev–Trinajstić information content (AvgIpc) is 2.87. The molecule has 0 radical (unpaired) electrons. The van der Waals surface area contributed by atoms with Crippen molar-refractivity contribution in [1.29, 1.82) is 0 Å². The van der Waals surface area contributed by atoms with Crippen LogP contribution in [0.5, 0.6) is 5.75 Å². The average molecular weight is 551 g/mol. The van der Waals surface area contributed by atoms with Crippen LogP contribution in [0, 0.1) is 5.92 Å². The van der Waals surface area contributed by atoms with Gasteiger partial charge < -0.3 is 43.4 Å². The maximum Gasteiger partial charge on any atom is 0.326 e. The molecule has 1 aromatic carbocycles. The Morgan fingerprint density at radius 1 is 0.821 bits per heavy atom. The van der Waals surface area contributed by atoms with Crippen molar-refractivity contribution in [2.24, 2.45) is 23.1 Å². The molecule has 0 saturated heterocycles. The zero-order chi connectivity index (χ0) is 29.7. The molecule has 1 rings (SSSR count). The number of aliphatic carboxylic acids is 1. The molecule has 5 unspecified atom stereocenters. The van der Waals surface area contributed by atoms with E-state index in [0.29, 0.717) is 12.0 Å². The van der Waals surface area contributed by atoms with Crippen molar-refractivity contribution in [2.75, 3.05) is 0 Å². The molecule has 5 atom stereocenters. The number of benzene rings is 1. The summed E-state index contributed by atoms with van der Waals surface area (Å²) in [4.78, 5) is 72.8. The van der Waals surface area contributed by atoms with Gasteiger partial charge in [0, 0.05) is 19.3 Å². The van der Waals surface area contributed by atoms with Crippen molar-refractivity contribution in [3.63, 3.8) is 0 Å². The van der Waals surface area contributed by atoms with Crippen molar-refractivity contribution < 1.29 is 39.0 Å². The van der Waals surface area contributed by atoms with Gasteiger partial charge in [-0.2, -0.15) is 0 Å². The Kier molecular flexibility index (Phi) is 13.4. The van der Waals surface area contributed by atoms with Gasteiger partial charge in [0.15, 0.2) is 0 Å². The number of nitrogens with one attached hydrogen (secondary N) is 3. The minimum atomic E-state index is -1.41. The highest BCUT2D eigenvalue weighted by atomic mass is 16.4. The van der Waals surface area contributed by atoms with Gasteiger partial charge in [-0.15, -0.1) is 0 Å². The smallest absolute Gasteiger partial charge is 0.326 e. The second-order valence-electron chi connectivity index (χ2n) is 9.32. The first kappa shape index (κ1) is 32.8. The number of rotatable bonds is 17. The summed E-state index contributed by atoms with van der Waals surface area (Å²) in [5.41, 5.74) is 16.6. The maximum atomic E-state index is 13.4. The second kappa shape index (κ2) is 15.9. The predicted octanol–water partition coefficient (Wildman–Crippen LogP) is -1.62. The molecule has 216 valence electrons. The molecule has 0 aliphatic heterocycles. The number of amides is 5. The number of nitrogens with two attached hydrogens (primary N) is 3. The first-order valence-electron chi connectivity index (χ1n) is 12.5. The van der Waals surface area contributed by atoms with Crippen molar-refractivity contribution in [2.45, 2.75) is 76.5 Å². The summed E-state index contributed by atoms with van der Waals surface area (Å²) in [6.07, 6.45) is -0.292. The molecule has 14 heteroatoms. The fourth-order valence-electron chi connectivity index (χ4n) is 3.55. The van der Waals surface area contributed by atoms with Crippen molar-refractivity contribution >= 4 is 35.5 Å². The van der Waals surface area contributed by atoms with Crippen LogP contribution >= 0.6 is 0 Å². The largest absolute Gasteiger partial charge is 0.508 e. The molecule has 11 N–H and O–H groups in total. The van der Waals surface area contributed by atoms with Crippen molar-refractivity contribution in [3.8, 4) is 5.75 Å². The molecule has 0 aromatic heterocycles. The Morgan fingerprint density at radius 3 is 1.87 bits per heavy atom. The van der Waals surface area contributed by atoms with Gasteiger partial charge >= 0.3 is 5.97 Å². The first-order valence-corrected chi connectivity index (χ1v) is 12.5. The van der Waals surface area contributed by atoms with E-state index >= 15 is 0 Å². The number of carboxylic acid groups (broad SMARTS) is 1. The van der Waals surface area contributed by atoms with Crippen LogP contribution in [0.15, 0.2) is 24.3 Å². The Labute approximate surface area is 226 Å². The summed E-state index contributed by atoms with van der Waals surface area (Å²) in [6.45, 7) is 3.45. The highest BCUT2D eigenvalue weighted by molar-refractivity contribution is 5.94. The monoisotopic (exact) mass is 550 g/mol. The molecular formula is C25H38N6O8. The Bertz CT molecular complexity index is 1030. The van der Waals surface area contributed by atoms with Crippen LogP contribution in [0.3, 0.4) is 0 Å². The van der Waals surface area contributed by atoms with Crippen LogP contribution in [-0.4, -0.2) is 69.9 Å². The number of hydrogen-bond donors (Lipinski definition) is 8. The topological polar surface area (TPSA) is 257 Å². The van der Waals surface area contributed by atoms with Gasteiger partial charge in [0.1, 0.15) is 23.9 Å². The number of hydrogen-bond acceptors (Lipinski definition) is 8. The van der Waals surface area contributed by atoms with Gasteiger partial charge in [-0.25, -0.2) is 4.79 Å². The number of phenols is 1. The van der Waals surface area contributed by atoms with E-state index in [9.17, 15) is 39.0 Å². The van der Waals surface area contributed by atoms with Crippen LogP contribution in [0.2, 0.25) is 0 Å². The molecule has 1 aromatic rings. The molecule has 0 spiro atoms. The Balaban J connectivity index is 3.15. The van der Waals surface area contributed by atoms with E-state index in [0.717, 1.165) is 0 Å². The van der Waals surface area contributed by atoms with Gasteiger partial charge in [-0.1, -0.05) is 32.4 Å². The quantitative estimate of drug-likeness (QED) is 0.111. The summed E-state index contributed by atoms with van der Waals surface area (Å²) in [6, 6.07) is 0.948. The lowest BCUT2D eigenvalue weighted by molar-refractivity contribution is -0.143. The van der Waals surface area contributed by atoms with E-state index < -0.39 is 65.6 Å². The number of phenolic OH excluding ortho intramolecular Hbond substituents is 1. The molecule has 0 fully saturated rings. The number of carbonyl (C=O) groups excluding carboxylic acids is 5. The molecule has 39 heavy (non-hydrogen) atoms. The van der Waals surface area contributed by atoms with Gasteiger partial charge in [0.25, 0.3) is 0 Å². The van der Waals surface area contributed by atoms with Crippen LogP contribution in [-0.2, 0) is 35.2 Å². The van der Waals surface area contributed by atoms with Crippen LogP contribution in [0.1, 0.15) is 51.5 Å². The lowest BCUT2D eigenvalue weighted by atomic mass is 9.96. The Hall–Kier alpha value is -4.20. The van der Waals surface area contributed by atoms with Crippen LogP contribution < -0.4 is 33.2 Å². The zero-order valence-electron chi connectivity index (χ0n) is 22.0. The van der Waals surface area contributed by atoms with E-state index in [4.69, 9.17) is 17.2 Å². The predicted molar refractivity (Wildman–Crippen MR) is 140 cm³/mol. The van der Waals surface area contributed by atoms with E-state index in [2.05, 4.69) is 16.0 Å². The zero-order valence-corrected chi connectivity index (χ0v) is 22.0. The molecule has 0 saturated carbocycles. The van der Waals surface area contributed by atoms with Gasteiger partial charge in [-0.05, 0) is 36.5 Å². The molecule has 0 aliphatic rings. The third-order valence-electron chi connectivity index (χ3n) is 6.13. The summed E-state index contributed by atoms with van der Waals surface area (Å²) in [7, 11) is 0. The third-order valence-corrected chi connectivity index (χ3v) is 6.13. The summed E-state index contributed by atoms with van der Waals surface area (Å²) in [5.74, 6) is -5.46. The standard InChI is InChI=1S/C25H38N6O8/c1-3-13(2)21(24(37)29-17(25(38)39)9-11-20(28)34)31-23(36)18(12-14-4-6-15(32)7-5-14)30-22(35)16(26)8-10-19(27)33/h4-7,13,16-18,21,32H,3,8-12,26H2,1-2H3,(H2,27,33)(H2,28,34)(H,29,37)(H,30,35)(H,31,36)(H,38,39). The van der Waals surface area contributed by atoms with E-state index in [1.54, 1.807) is 26.0 Å². The van der Waals surface area contributed by atoms with E-state index in [1.807, 2.05) is 0 Å². The van der Waals surface area contributed by atoms with E-state index in [-0.39, 0.29) is 37.9 Å². The number of aromatic hydroxyl groups is 1. The minimum Gasteiger partial charge on any atom is -0.508 e. The Morgan fingerprint density at radius 2 is 1.36 bits per heavy atom. The summed E-state index contributed by atoms with van der Waals surface area (Å²) >= 11 is 0. The molecule has 5 amide bonds. The second-order valence-corrected chi connectivity index (χ2v) is 9.32. The van der Waals surface area contributed by atoms with Crippen LogP contribution in [0.4, 0.5) is 0 Å². The normalized spacial score (nSPS) is 14.6. The van der Waals surface area contributed by atoms with Gasteiger partial charge in [-0.3, -0.25) is 24.0 Å². The molecule has 0 aliphatic carbocycles. The molecule has 14 nitrogen and oxygen atoms in total. The molecular weight excluding hydrogens is 512 g/mol. The van der Waals surface area contributed by atoms with Crippen molar-refractivity contribution in [3.05, 3.63) is 29.8 Å². The summed E-state index contributed by atoms with van der Waals surface area (Å²) in [5, 5.41) is 26.4. The number of primary amides is 2. The number of carboxylic acids is 1. The minimum absolute atomic E-state index is 0.00455. The third kappa shape index (κ3) is 11.8. The van der Waals surface area contributed by atoms with Gasteiger partial charge in [0.05, 0.1) is 6.04 Å². The van der Waals surface area contributed by atoms with Gasteiger partial charge in [0.2, 0.25) is 29.5 Å². The molecule has 0 bridgehead atoms. The highest BCUT2D eigenvalue weighted by Crippen LogP contribution is 2.14. The summed E-state index contributed by atoms with van der Waals surface area (Å²) < 4.78 is 0. The SMILES string of the molecule is CCC(C)C(NC(=O)C(Cc1ccc(O)cc1)NC(=O)C(N)CCC(N)=O)C(=O)NC(CCC(N)=O)C(=O)O. The fraction of sp³-hybridized carbons (Fsp3) is 0.520. The van der Waals surface area contributed by atoms with Crippen LogP contribution in [0.25, 0.3) is 0 Å². The lowest BCUT2D eigenvalue weighted by Crippen LogP contribution is -2.59. The van der Waals surface area contributed by atoms with E-state index in [1.165, 1.54) is 12.1 Å². The lowest BCUT2D eigenvalue weighted by Gasteiger charge is -2.28. The molecule has 0 heterocycles. The number of carbonyl (C=O) groups is 6. The fourth-order valence-corrected chi connectivity index (χ4v) is 3.55.